The maximum Gasteiger partial charge on any atom is 0.305 e. The average molecular weight is 301 g/mol. The third-order valence-corrected chi connectivity index (χ3v) is 4.54. The van der Waals surface area contributed by atoms with Gasteiger partial charge in [-0.15, -0.1) is 0 Å². The van der Waals surface area contributed by atoms with Gasteiger partial charge in [-0.25, -0.2) is 0 Å². The molecule has 3 rings (SSSR count). The molecule has 0 radical (unpaired) electrons. The zero-order valence-electron chi connectivity index (χ0n) is 12.7. The number of hydrogen-bond donors (Lipinski definition) is 2. The van der Waals surface area contributed by atoms with Crippen molar-refractivity contribution in [1.82, 2.24) is 5.32 Å². The Kier molecular flexibility index (Phi) is 3.43. The van der Waals surface area contributed by atoms with Gasteiger partial charge in [0, 0.05) is 5.39 Å². The topological polar surface area (TPSA) is 79.5 Å². The van der Waals surface area contributed by atoms with E-state index in [1.807, 2.05) is 26.0 Å². The van der Waals surface area contributed by atoms with Gasteiger partial charge in [0.2, 0.25) is 0 Å². The van der Waals surface area contributed by atoms with Crippen molar-refractivity contribution < 1.29 is 19.1 Å². The third kappa shape index (κ3) is 2.58. The van der Waals surface area contributed by atoms with Crippen LogP contribution in [0.15, 0.2) is 22.6 Å². The molecular formula is C17H19NO4. The standard InChI is InChI=1S/C17H19NO4/c1-10-6-12-8-14(22-13(12)7-11(10)2)16(21)18-17(4-3-5-17)9-15(19)20/h6-8H,3-5,9H2,1-2H3,(H,18,21)(H,19,20). The molecule has 1 aliphatic carbocycles. The highest BCUT2D eigenvalue weighted by Crippen LogP contribution is 2.35. The van der Waals surface area contributed by atoms with Gasteiger partial charge in [-0.3, -0.25) is 9.59 Å². The first-order valence-corrected chi connectivity index (χ1v) is 7.44. The summed E-state index contributed by atoms with van der Waals surface area (Å²) in [5, 5.41) is 12.7. The Morgan fingerprint density at radius 2 is 1.91 bits per heavy atom. The predicted octanol–water partition coefficient (Wildman–Crippen LogP) is 3.18. The van der Waals surface area contributed by atoms with Crippen molar-refractivity contribution in [1.29, 1.82) is 0 Å². The summed E-state index contributed by atoms with van der Waals surface area (Å²) in [5.41, 5.74) is 2.30. The van der Waals surface area contributed by atoms with Crippen molar-refractivity contribution in [3.05, 3.63) is 35.1 Å². The molecule has 116 valence electrons. The molecule has 1 aromatic carbocycles. The van der Waals surface area contributed by atoms with E-state index in [1.165, 1.54) is 0 Å². The lowest BCUT2D eigenvalue weighted by Crippen LogP contribution is -2.54. The van der Waals surface area contributed by atoms with Crippen LogP contribution >= 0.6 is 0 Å². The van der Waals surface area contributed by atoms with Crippen LogP contribution < -0.4 is 5.32 Å². The SMILES string of the molecule is Cc1cc2cc(C(=O)NC3(CC(=O)O)CCC3)oc2cc1C. The summed E-state index contributed by atoms with van der Waals surface area (Å²) in [7, 11) is 0. The second-order valence-corrected chi connectivity index (χ2v) is 6.24. The van der Waals surface area contributed by atoms with Crippen LogP contribution in [0.5, 0.6) is 0 Å². The molecule has 5 heteroatoms. The van der Waals surface area contributed by atoms with Crippen LogP contribution in [-0.4, -0.2) is 22.5 Å². The maximum atomic E-state index is 12.4. The summed E-state index contributed by atoms with van der Waals surface area (Å²) in [6.07, 6.45) is 2.29. The Hall–Kier alpha value is -2.30. The van der Waals surface area contributed by atoms with E-state index in [0.29, 0.717) is 18.4 Å². The summed E-state index contributed by atoms with van der Waals surface area (Å²) in [5.74, 6) is -1.00. The molecule has 22 heavy (non-hydrogen) atoms. The summed E-state index contributed by atoms with van der Waals surface area (Å²) < 4.78 is 5.63. The Labute approximate surface area is 128 Å². The molecule has 0 spiro atoms. The smallest absolute Gasteiger partial charge is 0.305 e. The minimum atomic E-state index is -0.893. The van der Waals surface area contributed by atoms with Gasteiger partial charge < -0.3 is 14.8 Å². The van der Waals surface area contributed by atoms with E-state index in [0.717, 1.165) is 22.9 Å². The molecule has 0 saturated heterocycles. The first-order valence-electron chi connectivity index (χ1n) is 7.44. The number of rotatable bonds is 4. The molecule has 1 saturated carbocycles. The molecule has 1 fully saturated rings. The molecular weight excluding hydrogens is 282 g/mol. The number of amides is 1. The van der Waals surface area contributed by atoms with E-state index in [4.69, 9.17) is 9.52 Å². The first kappa shape index (κ1) is 14.6. The van der Waals surface area contributed by atoms with Crippen LogP contribution in [0, 0.1) is 13.8 Å². The van der Waals surface area contributed by atoms with E-state index < -0.39 is 11.5 Å². The van der Waals surface area contributed by atoms with Gasteiger partial charge in [0.15, 0.2) is 5.76 Å². The highest BCUT2D eigenvalue weighted by molar-refractivity contribution is 5.97. The zero-order chi connectivity index (χ0) is 15.9. The molecule has 1 aliphatic rings. The number of carboxylic acid groups (broad SMARTS) is 1. The van der Waals surface area contributed by atoms with Crippen molar-refractivity contribution in [3.8, 4) is 0 Å². The van der Waals surface area contributed by atoms with Gasteiger partial charge in [0.25, 0.3) is 5.91 Å². The lowest BCUT2D eigenvalue weighted by atomic mass is 9.74. The van der Waals surface area contributed by atoms with E-state index in [1.54, 1.807) is 6.07 Å². The molecule has 1 aromatic heterocycles. The molecule has 2 N–H and O–H groups in total. The Bertz CT molecular complexity index is 716. The number of fused-ring (bicyclic) bond motifs is 1. The fourth-order valence-corrected chi connectivity index (χ4v) is 2.96. The number of aryl methyl sites for hydroxylation is 2. The summed E-state index contributed by atoms with van der Waals surface area (Å²) in [6.45, 7) is 4.00. The molecule has 1 heterocycles. The van der Waals surface area contributed by atoms with Crippen LogP contribution in [0.1, 0.15) is 47.4 Å². The second-order valence-electron chi connectivity index (χ2n) is 6.24. The average Bonchev–Trinajstić information content (AvgIpc) is 2.79. The van der Waals surface area contributed by atoms with Crippen LogP contribution in [0.2, 0.25) is 0 Å². The molecule has 2 aromatic rings. The van der Waals surface area contributed by atoms with Crippen molar-refractivity contribution in [2.45, 2.75) is 45.1 Å². The van der Waals surface area contributed by atoms with Gasteiger partial charge in [-0.2, -0.15) is 0 Å². The highest BCUT2D eigenvalue weighted by atomic mass is 16.4. The number of aliphatic carboxylic acids is 1. The van der Waals surface area contributed by atoms with E-state index in [2.05, 4.69) is 5.32 Å². The van der Waals surface area contributed by atoms with E-state index in [9.17, 15) is 9.59 Å². The Morgan fingerprint density at radius 3 is 2.50 bits per heavy atom. The summed E-state index contributed by atoms with van der Waals surface area (Å²) in [6, 6.07) is 5.61. The van der Waals surface area contributed by atoms with Gasteiger partial charge in [-0.1, -0.05) is 0 Å². The molecule has 0 atom stereocenters. The number of carbonyl (C=O) groups is 2. The van der Waals surface area contributed by atoms with Crippen LogP contribution in [0.25, 0.3) is 11.0 Å². The van der Waals surface area contributed by atoms with Crippen molar-refractivity contribution in [3.63, 3.8) is 0 Å². The summed E-state index contributed by atoms with van der Waals surface area (Å²) in [4.78, 5) is 23.3. The van der Waals surface area contributed by atoms with Crippen LogP contribution in [0.3, 0.4) is 0 Å². The normalized spacial score (nSPS) is 16.3. The van der Waals surface area contributed by atoms with Crippen molar-refractivity contribution in [2.24, 2.45) is 0 Å². The van der Waals surface area contributed by atoms with Gasteiger partial charge in [-0.05, 0) is 62.4 Å². The predicted molar refractivity (Wildman–Crippen MR) is 82.0 cm³/mol. The minimum Gasteiger partial charge on any atom is -0.481 e. The van der Waals surface area contributed by atoms with Gasteiger partial charge >= 0.3 is 5.97 Å². The second kappa shape index (κ2) is 5.16. The van der Waals surface area contributed by atoms with Crippen molar-refractivity contribution >= 4 is 22.8 Å². The highest BCUT2D eigenvalue weighted by Gasteiger charge is 2.40. The van der Waals surface area contributed by atoms with Gasteiger partial charge in [0.05, 0.1) is 12.0 Å². The van der Waals surface area contributed by atoms with E-state index in [-0.39, 0.29) is 18.1 Å². The number of hydrogen-bond acceptors (Lipinski definition) is 3. The molecule has 1 amide bonds. The number of carboxylic acids is 1. The van der Waals surface area contributed by atoms with Gasteiger partial charge in [0.1, 0.15) is 5.58 Å². The molecule has 0 bridgehead atoms. The van der Waals surface area contributed by atoms with Crippen LogP contribution in [0.4, 0.5) is 0 Å². The van der Waals surface area contributed by atoms with Crippen molar-refractivity contribution in [2.75, 3.05) is 0 Å². The number of furan rings is 1. The molecule has 0 aliphatic heterocycles. The van der Waals surface area contributed by atoms with E-state index >= 15 is 0 Å². The number of nitrogens with one attached hydrogen (secondary N) is 1. The number of benzene rings is 1. The Balaban J connectivity index is 1.84. The monoisotopic (exact) mass is 301 g/mol. The lowest BCUT2D eigenvalue weighted by Gasteiger charge is -2.41. The first-order chi connectivity index (χ1) is 10.4. The summed E-state index contributed by atoms with van der Waals surface area (Å²) >= 11 is 0. The lowest BCUT2D eigenvalue weighted by molar-refractivity contribution is -0.139. The fourth-order valence-electron chi connectivity index (χ4n) is 2.96. The fraction of sp³-hybridized carbons (Fsp3) is 0.412. The quantitative estimate of drug-likeness (QED) is 0.909. The zero-order valence-corrected chi connectivity index (χ0v) is 12.7. The maximum absolute atomic E-state index is 12.4. The van der Waals surface area contributed by atoms with Crippen LogP contribution in [-0.2, 0) is 4.79 Å². The Morgan fingerprint density at radius 1 is 1.23 bits per heavy atom. The third-order valence-electron chi connectivity index (χ3n) is 4.54. The number of carbonyl (C=O) groups excluding carboxylic acids is 1. The molecule has 0 unspecified atom stereocenters. The largest absolute Gasteiger partial charge is 0.481 e. The molecule has 5 nitrogen and oxygen atoms in total. The minimum absolute atomic E-state index is 0.0445.